The number of piperidine rings is 1. The summed E-state index contributed by atoms with van der Waals surface area (Å²) in [5, 5.41) is 6.62. The van der Waals surface area contributed by atoms with E-state index < -0.39 is 0 Å². The quantitative estimate of drug-likeness (QED) is 0.894. The van der Waals surface area contributed by atoms with E-state index in [4.69, 9.17) is 0 Å². The molecule has 23 heavy (non-hydrogen) atoms. The van der Waals surface area contributed by atoms with E-state index >= 15 is 0 Å². The third-order valence-corrected chi connectivity index (χ3v) is 5.82. The van der Waals surface area contributed by atoms with Crippen LogP contribution >= 0.6 is 0 Å². The molecule has 0 radical (unpaired) electrons. The molecule has 3 atom stereocenters. The predicted molar refractivity (Wildman–Crippen MR) is 91.0 cm³/mol. The van der Waals surface area contributed by atoms with Crippen molar-refractivity contribution < 1.29 is 4.79 Å². The smallest absolute Gasteiger partial charge is 0.237 e. The molecule has 3 fully saturated rings. The normalized spacial score (nSPS) is 33.7. The first-order valence-corrected chi connectivity index (χ1v) is 9.13. The van der Waals surface area contributed by atoms with Gasteiger partial charge in [0.1, 0.15) is 0 Å². The molecule has 3 heterocycles. The molecule has 1 amide bonds. The first-order valence-electron chi connectivity index (χ1n) is 9.13. The van der Waals surface area contributed by atoms with Crippen molar-refractivity contribution in [2.75, 3.05) is 6.54 Å². The van der Waals surface area contributed by atoms with Crippen LogP contribution in [-0.4, -0.2) is 41.5 Å². The van der Waals surface area contributed by atoms with Crippen molar-refractivity contribution in [1.82, 2.24) is 15.5 Å². The summed E-state index contributed by atoms with van der Waals surface area (Å²) in [5.41, 5.74) is 1.40. The molecule has 0 spiro atoms. The molecule has 3 saturated heterocycles. The second kappa shape index (κ2) is 6.62. The fraction of sp³-hybridized carbons (Fsp3) is 0.632. The van der Waals surface area contributed by atoms with Gasteiger partial charge >= 0.3 is 0 Å². The van der Waals surface area contributed by atoms with Gasteiger partial charge in [-0.15, -0.1) is 0 Å². The molecule has 4 heteroatoms. The molecule has 2 bridgehead atoms. The fourth-order valence-electron chi connectivity index (χ4n) is 4.65. The van der Waals surface area contributed by atoms with Crippen molar-refractivity contribution >= 4 is 5.91 Å². The maximum Gasteiger partial charge on any atom is 0.237 e. The van der Waals surface area contributed by atoms with E-state index in [1.807, 2.05) is 0 Å². The van der Waals surface area contributed by atoms with Crippen LogP contribution in [-0.2, 0) is 11.3 Å². The molecule has 4 nitrogen and oxygen atoms in total. The lowest BCUT2D eigenvalue weighted by Gasteiger charge is -2.39. The van der Waals surface area contributed by atoms with Gasteiger partial charge in [0, 0.05) is 24.7 Å². The monoisotopic (exact) mass is 313 g/mol. The second-order valence-electron chi connectivity index (χ2n) is 7.37. The van der Waals surface area contributed by atoms with Gasteiger partial charge in [0.25, 0.3) is 0 Å². The molecular weight excluding hydrogens is 286 g/mol. The van der Waals surface area contributed by atoms with Crippen molar-refractivity contribution in [3.63, 3.8) is 0 Å². The van der Waals surface area contributed by atoms with Crippen molar-refractivity contribution in [3.8, 4) is 0 Å². The Morgan fingerprint density at radius 2 is 1.87 bits per heavy atom. The van der Waals surface area contributed by atoms with Gasteiger partial charge < -0.3 is 10.6 Å². The molecule has 0 aliphatic carbocycles. The van der Waals surface area contributed by atoms with E-state index in [2.05, 4.69) is 45.9 Å². The van der Waals surface area contributed by atoms with Gasteiger partial charge in [0.15, 0.2) is 0 Å². The number of carbonyl (C=O) groups is 1. The first-order chi connectivity index (χ1) is 11.3. The molecule has 0 aromatic heterocycles. The Bertz CT molecular complexity index is 527. The van der Waals surface area contributed by atoms with E-state index in [1.54, 1.807) is 0 Å². The highest BCUT2D eigenvalue weighted by atomic mass is 16.2. The zero-order valence-electron chi connectivity index (χ0n) is 13.7. The third kappa shape index (κ3) is 3.29. The Morgan fingerprint density at radius 3 is 2.52 bits per heavy atom. The maximum atomic E-state index is 12.3. The SMILES string of the molecule is O=C(NC1CC2CCC(C1)N2Cc1ccccc1)C1CCCN1. The van der Waals surface area contributed by atoms with Gasteiger partial charge in [0.2, 0.25) is 5.91 Å². The van der Waals surface area contributed by atoms with Crippen LogP contribution in [0.4, 0.5) is 0 Å². The summed E-state index contributed by atoms with van der Waals surface area (Å²) in [5.74, 6) is 0.225. The van der Waals surface area contributed by atoms with Gasteiger partial charge in [-0.25, -0.2) is 0 Å². The number of carbonyl (C=O) groups excluding carboxylic acids is 1. The van der Waals surface area contributed by atoms with Gasteiger partial charge in [-0.1, -0.05) is 30.3 Å². The molecule has 2 N–H and O–H groups in total. The van der Waals surface area contributed by atoms with Gasteiger partial charge in [-0.05, 0) is 50.6 Å². The molecule has 124 valence electrons. The summed E-state index contributed by atoms with van der Waals surface area (Å²) in [6.45, 7) is 2.04. The number of benzene rings is 1. The summed E-state index contributed by atoms with van der Waals surface area (Å²) >= 11 is 0. The molecule has 3 aliphatic heterocycles. The number of hydrogen-bond acceptors (Lipinski definition) is 3. The topological polar surface area (TPSA) is 44.4 Å². The lowest BCUT2D eigenvalue weighted by Crippen LogP contribution is -2.52. The number of nitrogens with one attached hydrogen (secondary N) is 2. The standard InChI is InChI=1S/C19H27N3O/c23-19(18-7-4-10-20-18)21-15-11-16-8-9-17(12-15)22(16)13-14-5-2-1-3-6-14/h1-3,5-6,15-18,20H,4,7-13H2,(H,21,23). The number of nitrogens with zero attached hydrogens (tertiary/aromatic N) is 1. The van der Waals surface area contributed by atoms with E-state index in [0.29, 0.717) is 18.1 Å². The summed E-state index contributed by atoms with van der Waals surface area (Å²) in [6, 6.07) is 12.5. The number of fused-ring (bicyclic) bond motifs is 2. The highest BCUT2D eigenvalue weighted by Crippen LogP contribution is 2.36. The average Bonchev–Trinajstić information content (AvgIpc) is 3.17. The molecule has 1 aromatic carbocycles. The molecule has 1 aromatic rings. The highest BCUT2D eigenvalue weighted by molar-refractivity contribution is 5.82. The van der Waals surface area contributed by atoms with Crippen LogP contribution in [0.3, 0.4) is 0 Å². The van der Waals surface area contributed by atoms with Crippen LogP contribution in [0, 0.1) is 0 Å². The summed E-state index contributed by atoms with van der Waals surface area (Å²) in [4.78, 5) is 15.0. The van der Waals surface area contributed by atoms with E-state index in [0.717, 1.165) is 38.8 Å². The number of rotatable bonds is 4. The van der Waals surface area contributed by atoms with Crippen LogP contribution in [0.1, 0.15) is 44.1 Å². The van der Waals surface area contributed by atoms with Crippen molar-refractivity contribution in [2.45, 2.75) is 69.2 Å². The summed E-state index contributed by atoms with van der Waals surface area (Å²) < 4.78 is 0. The van der Waals surface area contributed by atoms with E-state index in [9.17, 15) is 4.79 Å². The van der Waals surface area contributed by atoms with Crippen LogP contribution in [0.5, 0.6) is 0 Å². The van der Waals surface area contributed by atoms with Crippen LogP contribution in [0.15, 0.2) is 30.3 Å². The molecule has 3 unspecified atom stereocenters. The average molecular weight is 313 g/mol. The zero-order chi connectivity index (χ0) is 15.6. The zero-order valence-corrected chi connectivity index (χ0v) is 13.7. The number of hydrogen-bond donors (Lipinski definition) is 2. The lowest BCUT2D eigenvalue weighted by atomic mass is 9.96. The predicted octanol–water partition coefficient (Wildman–Crippen LogP) is 2.05. The van der Waals surface area contributed by atoms with E-state index in [-0.39, 0.29) is 11.9 Å². The first kappa shape index (κ1) is 15.2. The molecule has 0 saturated carbocycles. The summed E-state index contributed by atoms with van der Waals surface area (Å²) in [7, 11) is 0. The highest BCUT2D eigenvalue weighted by Gasteiger charge is 2.41. The Labute approximate surface area is 138 Å². The largest absolute Gasteiger partial charge is 0.352 e. The molecule has 3 aliphatic rings. The Morgan fingerprint density at radius 1 is 1.13 bits per heavy atom. The fourth-order valence-corrected chi connectivity index (χ4v) is 4.65. The Kier molecular flexibility index (Phi) is 4.36. The van der Waals surface area contributed by atoms with Gasteiger partial charge in [-0.3, -0.25) is 9.69 Å². The summed E-state index contributed by atoms with van der Waals surface area (Å²) in [6.07, 6.45) is 6.91. The Balaban J connectivity index is 1.35. The van der Waals surface area contributed by atoms with Crippen molar-refractivity contribution in [3.05, 3.63) is 35.9 Å². The van der Waals surface area contributed by atoms with Crippen LogP contribution in [0.25, 0.3) is 0 Å². The minimum absolute atomic E-state index is 0.0509. The van der Waals surface area contributed by atoms with Crippen molar-refractivity contribution in [2.24, 2.45) is 0 Å². The van der Waals surface area contributed by atoms with Gasteiger partial charge in [-0.2, -0.15) is 0 Å². The molecular formula is C19H27N3O. The number of amides is 1. The Hall–Kier alpha value is -1.39. The third-order valence-electron chi connectivity index (χ3n) is 5.82. The maximum absolute atomic E-state index is 12.3. The van der Waals surface area contributed by atoms with Gasteiger partial charge in [0.05, 0.1) is 6.04 Å². The van der Waals surface area contributed by atoms with E-state index in [1.165, 1.54) is 18.4 Å². The minimum Gasteiger partial charge on any atom is -0.352 e. The van der Waals surface area contributed by atoms with Crippen LogP contribution < -0.4 is 10.6 Å². The van der Waals surface area contributed by atoms with Crippen molar-refractivity contribution in [1.29, 1.82) is 0 Å². The van der Waals surface area contributed by atoms with Crippen LogP contribution in [0.2, 0.25) is 0 Å². The second-order valence-corrected chi connectivity index (χ2v) is 7.37. The molecule has 4 rings (SSSR count). The minimum atomic E-state index is 0.0509. The lowest BCUT2D eigenvalue weighted by molar-refractivity contribution is -0.124.